The first kappa shape index (κ1) is 19.6. The number of aromatic amines is 1. The van der Waals surface area contributed by atoms with Crippen LogP contribution in [0.2, 0.25) is 0 Å². The van der Waals surface area contributed by atoms with Crippen LogP contribution in [0.25, 0.3) is 21.7 Å². The monoisotopic (exact) mass is 443 g/mol. The average molecular weight is 444 g/mol. The Balaban J connectivity index is 1.16. The Morgan fingerprint density at radius 2 is 2.13 bits per heavy atom. The average Bonchev–Trinajstić information content (AvgIpc) is 3.40. The number of piperazine rings is 1. The number of thiazole rings is 1. The van der Waals surface area contributed by atoms with Crippen molar-refractivity contribution in [1.29, 1.82) is 0 Å². The van der Waals surface area contributed by atoms with Gasteiger partial charge in [-0.2, -0.15) is 0 Å². The fourth-order valence-corrected chi connectivity index (χ4v) is 5.53. The zero-order valence-electron chi connectivity index (χ0n) is 17.3. The highest BCUT2D eigenvalue weighted by atomic mass is 32.1. The molecule has 31 heavy (non-hydrogen) atoms. The number of hydrogen-bond donors (Lipinski definition) is 1. The van der Waals surface area contributed by atoms with E-state index in [1.165, 1.54) is 16.3 Å². The van der Waals surface area contributed by atoms with Gasteiger partial charge in [0.15, 0.2) is 0 Å². The Kier molecular flexibility index (Phi) is 5.14. The van der Waals surface area contributed by atoms with Gasteiger partial charge in [0, 0.05) is 62.7 Å². The van der Waals surface area contributed by atoms with Crippen molar-refractivity contribution in [2.75, 3.05) is 44.4 Å². The number of ether oxygens (including phenoxy) is 2. The van der Waals surface area contributed by atoms with E-state index in [1.807, 2.05) is 6.20 Å². The minimum Gasteiger partial charge on any atom is -0.375 e. The number of aromatic nitrogens is 3. The van der Waals surface area contributed by atoms with E-state index in [-0.39, 0.29) is 6.10 Å². The number of hydrogen-bond acceptors (Lipinski definition) is 7. The molecule has 2 fully saturated rings. The predicted molar refractivity (Wildman–Crippen MR) is 118 cm³/mol. The van der Waals surface area contributed by atoms with Crippen molar-refractivity contribution in [3.63, 3.8) is 0 Å². The van der Waals surface area contributed by atoms with Crippen LogP contribution in [0, 0.1) is 0 Å². The minimum atomic E-state index is -0.662. The van der Waals surface area contributed by atoms with E-state index in [9.17, 15) is 4.39 Å². The standard InChI is InChI=1S/C22H26FN5O2S/c23-14-9-15(10-14)30-13-27-4-6-28(7-5-27)19-1-3-24-21-16(19)11-18(25-21)22-26-17-2-8-29-12-20(17)31-22/h1,3,11,14-15H,2,4-10,12-13H2,(H,24,25)/t14-,15-. The summed E-state index contributed by atoms with van der Waals surface area (Å²) in [5.41, 5.74) is 4.29. The first-order chi connectivity index (χ1) is 15.2. The molecule has 0 unspecified atom stereocenters. The van der Waals surface area contributed by atoms with E-state index in [4.69, 9.17) is 14.5 Å². The Labute approximate surface area is 184 Å². The number of anilines is 1. The molecule has 0 aromatic carbocycles. The molecule has 1 N–H and O–H groups in total. The van der Waals surface area contributed by atoms with Crippen molar-refractivity contribution >= 4 is 28.1 Å². The lowest BCUT2D eigenvalue weighted by atomic mass is 9.94. The number of fused-ring (bicyclic) bond motifs is 2. The summed E-state index contributed by atoms with van der Waals surface area (Å²) in [6.45, 7) is 5.76. The second-order valence-electron chi connectivity index (χ2n) is 8.56. The van der Waals surface area contributed by atoms with Crippen LogP contribution < -0.4 is 4.90 Å². The number of halogens is 1. The number of pyridine rings is 1. The van der Waals surface area contributed by atoms with Crippen molar-refractivity contribution in [1.82, 2.24) is 19.9 Å². The summed E-state index contributed by atoms with van der Waals surface area (Å²) in [5.74, 6) is 0. The molecule has 0 atom stereocenters. The van der Waals surface area contributed by atoms with Crippen molar-refractivity contribution in [2.24, 2.45) is 0 Å². The van der Waals surface area contributed by atoms with Gasteiger partial charge in [-0.15, -0.1) is 11.3 Å². The maximum Gasteiger partial charge on any atom is 0.140 e. The molecule has 9 heteroatoms. The maximum absolute atomic E-state index is 13.0. The number of H-pyrrole nitrogens is 1. The molecule has 0 radical (unpaired) electrons. The van der Waals surface area contributed by atoms with Crippen LogP contribution in [-0.4, -0.2) is 71.6 Å². The fourth-order valence-electron chi connectivity index (χ4n) is 4.51. The molecule has 7 nitrogen and oxygen atoms in total. The molecule has 164 valence electrons. The van der Waals surface area contributed by atoms with Gasteiger partial charge >= 0.3 is 0 Å². The van der Waals surface area contributed by atoms with Crippen LogP contribution in [0.1, 0.15) is 23.4 Å². The maximum atomic E-state index is 13.0. The number of rotatable bonds is 5. The topological polar surface area (TPSA) is 66.5 Å². The zero-order chi connectivity index (χ0) is 20.8. The summed E-state index contributed by atoms with van der Waals surface area (Å²) >= 11 is 1.71. The molecule has 3 aliphatic rings. The first-order valence-corrected chi connectivity index (χ1v) is 11.8. The molecule has 5 heterocycles. The zero-order valence-corrected chi connectivity index (χ0v) is 18.2. The van der Waals surface area contributed by atoms with E-state index < -0.39 is 6.17 Å². The summed E-state index contributed by atoms with van der Waals surface area (Å²) in [6, 6.07) is 4.28. The molecule has 0 bridgehead atoms. The molecule has 0 amide bonds. The minimum absolute atomic E-state index is 0.106. The molecule has 2 aliphatic heterocycles. The largest absolute Gasteiger partial charge is 0.375 e. The van der Waals surface area contributed by atoms with Crippen LogP contribution in [0.4, 0.5) is 10.1 Å². The highest BCUT2D eigenvalue weighted by Crippen LogP contribution is 2.35. The van der Waals surface area contributed by atoms with Gasteiger partial charge in [-0.3, -0.25) is 4.90 Å². The van der Waals surface area contributed by atoms with Gasteiger partial charge in [0.25, 0.3) is 0 Å². The van der Waals surface area contributed by atoms with Crippen molar-refractivity contribution in [2.45, 2.75) is 38.1 Å². The van der Waals surface area contributed by atoms with Crippen LogP contribution in [-0.2, 0) is 22.5 Å². The van der Waals surface area contributed by atoms with Crippen LogP contribution >= 0.6 is 11.3 Å². The number of nitrogens with one attached hydrogen (secondary N) is 1. The van der Waals surface area contributed by atoms with Crippen molar-refractivity contribution in [3.05, 3.63) is 28.9 Å². The van der Waals surface area contributed by atoms with Gasteiger partial charge in [-0.25, -0.2) is 14.4 Å². The Bertz CT molecular complexity index is 1050. The molecule has 1 saturated heterocycles. The lowest BCUT2D eigenvalue weighted by Gasteiger charge is -2.38. The van der Waals surface area contributed by atoms with E-state index in [0.29, 0.717) is 26.2 Å². The SMILES string of the molecule is F[C@H]1C[C@H](OCN2CCN(c3ccnc4[nH]c(-c5nc6c(s5)COCC6)cc34)CC2)C1. The normalized spacial score (nSPS) is 24.4. The van der Waals surface area contributed by atoms with Gasteiger partial charge in [0.05, 0.1) is 42.3 Å². The summed E-state index contributed by atoms with van der Waals surface area (Å²) < 4.78 is 24.3. The Morgan fingerprint density at radius 1 is 1.26 bits per heavy atom. The third-order valence-corrected chi connectivity index (χ3v) is 7.58. The van der Waals surface area contributed by atoms with E-state index >= 15 is 0 Å². The molecule has 1 aliphatic carbocycles. The van der Waals surface area contributed by atoms with Gasteiger partial charge in [0.1, 0.15) is 16.8 Å². The molecule has 6 rings (SSSR count). The summed E-state index contributed by atoms with van der Waals surface area (Å²) in [4.78, 5) is 18.8. The lowest BCUT2D eigenvalue weighted by Crippen LogP contribution is -2.48. The van der Waals surface area contributed by atoms with Crippen LogP contribution in [0.3, 0.4) is 0 Å². The second kappa shape index (κ2) is 8.12. The predicted octanol–water partition coefficient (Wildman–Crippen LogP) is 3.36. The molecule has 3 aromatic heterocycles. The Morgan fingerprint density at radius 3 is 2.94 bits per heavy atom. The van der Waals surface area contributed by atoms with E-state index in [0.717, 1.165) is 60.9 Å². The number of alkyl halides is 1. The molecular formula is C22H26FN5O2S. The van der Waals surface area contributed by atoms with Gasteiger partial charge < -0.3 is 19.4 Å². The summed E-state index contributed by atoms with van der Waals surface area (Å²) in [7, 11) is 0. The van der Waals surface area contributed by atoms with Crippen LogP contribution in [0.5, 0.6) is 0 Å². The third-order valence-electron chi connectivity index (χ3n) is 6.48. The second-order valence-corrected chi connectivity index (χ2v) is 9.64. The number of nitrogens with zero attached hydrogens (tertiary/aromatic N) is 4. The smallest absolute Gasteiger partial charge is 0.140 e. The van der Waals surface area contributed by atoms with E-state index in [1.54, 1.807) is 11.3 Å². The highest BCUT2D eigenvalue weighted by Gasteiger charge is 2.30. The fraction of sp³-hybridized carbons (Fsp3) is 0.545. The molecule has 3 aromatic rings. The van der Waals surface area contributed by atoms with Crippen LogP contribution in [0.15, 0.2) is 18.3 Å². The molecule has 1 saturated carbocycles. The summed E-state index contributed by atoms with van der Waals surface area (Å²) in [5, 5.41) is 2.14. The lowest BCUT2D eigenvalue weighted by molar-refractivity contribution is -0.0838. The highest BCUT2D eigenvalue weighted by molar-refractivity contribution is 7.15. The van der Waals surface area contributed by atoms with Gasteiger partial charge in [-0.1, -0.05) is 0 Å². The van der Waals surface area contributed by atoms with Crippen molar-refractivity contribution < 1.29 is 13.9 Å². The van der Waals surface area contributed by atoms with Gasteiger partial charge in [-0.05, 0) is 12.1 Å². The quantitative estimate of drug-likeness (QED) is 0.652. The van der Waals surface area contributed by atoms with E-state index in [2.05, 4.69) is 31.9 Å². The first-order valence-electron chi connectivity index (χ1n) is 11.0. The van der Waals surface area contributed by atoms with Crippen molar-refractivity contribution in [3.8, 4) is 10.7 Å². The van der Waals surface area contributed by atoms with Gasteiger partial charge in [0.2, 0.25) is 0 Å². The third kappa shape index (κ3) is 3.84. The molecule has 0 spiro atoms. The Hall–Kier alpha value is -2.07. The molecular weight excluding hydrogens is 417 g/mol. The summed E-state index contributed by atoms with van der Waals surface area (Å²) in [6.07, 6.45) is 3.32.